The van der Waals surface area contributed by atoms with E-state index in [0.717, 1.165) is 11.1 Å². The number of aryl methyl sites for hydroxylation is 1. The first-order valence-electron chi connectivity index (χ1n) is 8.26. The molecule has 0 aromatic heterocycles. The summed E-state index contributed by atoms with van der Waals surface area (Å²) < 4.78 is 30.1. The highest BCUT2D eigenvalue weighted by Crippen LogP contribution is 2.23. The SMILES string of the molecule is Cc1ccc(S(=O)(=O)Oc2cccc(/C=C(/C#N)c3ccccc3)c2)cc1. The third kappa shape index (κ3) is 4.63. The van der Waals surface area contributed by atoms with Crippen LogP contribution in [0.1, 0.15) is 16.7 Å². The highest BCUT2D eigenvalue weighted by Gasteiger charge is 2.16. The van der Waals surface area contributed by atoms with Crippen molar-refractivity contribution < 1.29 is 12.6 Å². The zero-order valence-electron chi connectivity index (χ0n) is 14.7. The topological polar surface area (TPSA) is 67.2 Å². The Morgan fingerprint density at radius 2 is 1.67 bits per heavy atom. The van der Waals surface area contributed by atoms with Crippen LogP contribution < -0.4 is 4.18 Å². The molecule has 3 rings (SSSR count). The molecule has 0 bridgehead atoms. The Kier molecular flexibility index (Phi) is 5.39. The summed E-state index contributed by atoms with van der Waals surface area (Å²) in [6.07, 6.45) is 1.70. The Balaban J connectivity index is 1.89. The van der Waals surface area contributed by atoms with E-state index in [2.05, 4.69) is 6.07 Å². The summed E-state index contributed by atoms with van der Waals surface area (Å²) in [4.78, 5) is 0.0936. The standard InChI is InChI=1S/C22H17NO3S/c1-17-10-12-22(13-11-17)27(24,25)26-21-9-5-6-18(15-21)14-20(16-23)19-7-3-2-4-8-19/h2-15H,1H3/b20-14-. The molecule has 4 nitrogen and oxygen atoms in total. The third-order valence-corrected chi connectivity index (χ3v) is 5.15. The molecule has 3 aromatic carbocycles. The molecule has 0 aliphatic rings. The summed E-state index contributed by atoms with van der Waals surface area (Å²) in [7, 11) is -3.92. The molecule has 0 saturated carbocycles. The second kappa shape index (κ2) is 7.90. The van der Waals surface area contributed by atoms with Gasteiger partial charge in [0.25, 0.3) is 0 Å². The van der Waals surface area contributed by atoms with Gasteiger partial charge in [-0.15, -0.1) is 0 Å². The van der Waals surface area contributed by atoms with Gasteiger partial charge in [-0.1, -0.05) is 60.2 Å². The summed E-state index contributed by atoms with van der Waals surface area (Å²) in [5.74, 6) is 0.190. The van der Waals surface area contributed by atoms with Crippen LogP contribution in [-0.2, 0) is 10.1 Å². The molecular formula is C22H17NO3S. The molecule has 0 atom stereocenters. The van der Waals surface area contributed by atoms with Gasteiger partial charge in [0.1, 0.15) is 10.6 Å². The van der Waals surface area contributed by atoms with E-state index in [4.69, 9.17) is 4.18 Å². The van der Waals surface area contributed by atoms with Crippen LogP contribution in [-0.4, -0.2) is 8.42 Å². The van der Waals surface area contributed by atoms with Crippen LogP contribution in [0, 0.1) is 18.3 Å². The lowest BCUT2D eigenvalue weighted by molar-refractivity contribution is 0.486. The minimum absolute atomic E-state index is 0.0936. The number of benzene rings is 3. The van der Waals surface area contributed by atoms with Crippen molar-refractivity contribution in [1.29, 1.82) is 5.26 Å². The first kappa shape index (κ1) is 18.4. The molecule has 3 aromatic rings. The molecule has 0 spiro atoms. The number of nitrogens with zero attached hydrogens (tertiary/aromatic N) is 1. The highest BCUT2D eigenvalue weighted by atomic mass is 32.2. The zero-order chi connectivity index (χ0) is 19.3. The fourth-order valence-corrected chi connectivity index (χ4v) is 3.42. The van der Waals surface area contributed by atoms with Crippen LogP contribution in [0.2, 0.25) is 0 Å². The van der Waals surface area contributed by atoms with Crippen molar-refractivity contribution in [3.63, 3.8) is 0 Å². The second-order valence-electron chi connectivity index (χ2n) is 5.96. The largest absolute Gasteiger partial charge is 0.379 e. The van der Waals surface area contributed by atoms with E-state index in [0.29, 0.717) is 11.1 Å². The van der Waals surface area contributed by atoms with Crippen LogP contribution in [0.3, 0.4) is 0 Å². The van der Waals surface area contributed by atoms with Crippen molar-refractivity contribution in [3.8, 4) is 11.8 Å². The molecule has 0 saturated heterocycles. The Bertz CT molecular complexity index is 1110. The highest BCUT2D eigenvalue weighted by molar-refractivity contribution is 7.87. The summed E-state index contributed by atoms with van der Waals surface area (Å²) in [6, 6.07) is 24.5. The van der Waals surface area contributed by atoms with Crippen molar-refractivity contribution in [1.82, 2.24) is 0 Å². The Morgan fingerprint density at radius 3 is 2.33 bits per heavy atom. The summed E-state index contributed by atoms with van der Waals surface area (Å²) >= 11 is 0. The minimum Gasteiger partial charge on any atom is -0.379 e. The average molecular weight is 375 g/mol. The zero-order valence-corrected chi connectivity index (χ0v) is 15.5. The van der Waals surface area contributed by atoms with Gasteiger partial charge >= 0.3 is 10.1 Å². The van der Waals surface area contributed by atoms with Gasteiger partial charge in [0.2, 0.25) is 0 Å². The number of hydrogen-bond acceptors (Lipinski definition) is 4. The second-order valence-corrected chi connectivity index (χ2v) is 7.51. The van der Waals surface area contributed by atoms with Gasteiger partial charge in [-0.3, -0.25) is 0 Å². The maximum absolute atomic E-state index is 12.4. The summed E-state index contributed by atoms with van der Waals surface area (Å²) in [5, 5.41) is 9.42. The van der Waals surface area contributed by atoms with Crippen molar-refractivity contribution in [2.75, 3.05) is 0 Å². The Labute approximate surface area is 159 Å². The molecule has 134 valence electrons. The van der Waals surface area contributed by atoms with E-state index in [1.807, 2.05) is 37.3 Å². The quantitative estimate of drug-likeness (QED) is 0.364. The molecule has 0 fully saturated rings. The maximum Gasteiger partial charge on any atom is 0.339 e. The first-order chi connectivity index (χ1) is 13.0. The van der Waals surface area contributed by atoms with Gasteiger partial charge in [-0.25, -0.2) is 0 Å². The molecule has 0 radical (unpaired) electrons. The van der Waals surface area contributed by atoms with Crippen LogP contribution in [0.4, 0.5) is 0 Å². The maximum atomic E-state index is 12.4. The van der Waals surface area contributed by atoms with Gasteiger partial charge in [-0.05, 0) is 48.4 Å². The molecule has 0 N–H and O–H groups in total. The molecular weight excluding hydrogens is 358 g/mol. The molecule has 5 heteroatoms. The lowest BCUT2D eigenvalue weighted by atomic mass is 10.0. The smallest absolute Gasteiger partial charge is 0.339 e. The van der Waals surface area contributed by atoms with Crippen molar-refractivity contribution >= 4 is 21.8 Å². The molecule has 0 amide bonds. The van der Waals surface area contributed by atoms with Gasteiger partial charge in [0.15, 0.2) is 0 Å². The number of allylic oxidation sites excluding steroid dienone is 1. The predicted octanol–water partition coefficient (Wildman–Crippen LogP) is 4.83. The van der Waals surface area contributed by atoms with E-state index < -0.39 is 10.1 Å². The van der Waals surface area contributed by atoms with Crippen LogP contribution in [0.15, 0.2) is 83.8 Å². The monoisotopic (exact) mass is 375 g/mol. The van der Waals surface area contributed by atoms with Crippen molar-refractivity contribution in [2.45, 2.75) is 11.8 Å². The van der Waals surface area contributed by atoms with E-state index in [1.165, 1.54) is 12.1 Å². The van der Waals surface area contributed by atoms with E-state index in [-0.39, 0.29) is 10.6 Å². The number of rotatable bonds is 5. The van der Waals surface area contributed by atoms with E-state index in [1.54, 1.807) is 42.5 Å². The van der Waals surface area contributed by atoms with Gasteiger partial charge in [-0.2, -0.15) is 13.7 Å². The summed E-state index contributed by atoms with van der Waals surface area (Å²) in [5.41, 5.74) is 2.91. The minimum atomic E-state index is -3.92. The lowest BCUT2D eigenvalue weighted by Gasteiger charge is -2.08. The molecule has 0 aliphatic heterocycles. The van der Waals surface area contributed by atoms with Gasteiger partial charge in [0.05, 0.1) is 11.6 Å². The van der Waals surface area contributed by atoms with Gasteiger partial charge in [0, 0.05) is 0 Å². The molecule has 0 heterocycles. The first-order valence-corrected chi connectivity index (χ1v) is 9.67. The lowest BCUT2D eigenvalue weighted by Crippen LogP contribution is -2.09. The molecule has 27 heavy (non-hydrogen) atoms. The van der Waals surface area contributed by atoms with Crippen molar-refractivity contribution in [3.05, 3.63) is 95.6 Å². The Morgan fingerprint density at radius 1 is 0.963 bits per heavy atom. The van der Waals surface area contributed by atoms with Crippen LogP contribution >= 0.6 is 0 Å². The average Bonchev–Trinajstić information content (AvgIpc) is 2.67. The van der Waals surface area contributed by atoms with Crippen molar-refractivity contribution in [2.24, 2.45) is 0 Å². The van der Waals surface area contributed by atoms with Crippen LogP contribution in [0.25, 0.3) is 11.6 Å². The van der Waals surface area contributed by atoms with E-state index >= 15 is 0 Å². The predicted molar refractivity (Wildman–Crippen MR) is 105 cm³/mol. The fraction of sp³-hybridized carbons (Fsp3) is 0.0455. The molecule has 0 aliphatic carbocycles. The number of hydrogen-bond donors (Lipinski definition) is 0. The fourth-order valence-electron chi connectivity index (χ4n) is 2.50. The third-order valence-electron chi connectivity index (χ3n) is 3.89. The molecule has 0 unspecified atom stereocenters. The van der Waals surface area contributed by atoms with Gasteiger partial charge < -0.3 is 4.18 Å². The number of nitriles is 1. The Hall–Kier alpha value is -3.36. The van der Waals surface area contributed by atoms with Crippen LogP contribution in [0.5, 0.6) is 5.75 Å². The normalized spacial score (nSPS) is 11.6. The van der Waals surface area contributed by atoms with E-state index in [9.17, 15) is 13.7 Å². The summed E-state index contributed by atoms with van der Waals surface area (Å²) in [6.45, 7) is 1.88.